The van der Waals surface area contributed by atoms with Crippen LogP contribution in [0.5, 0.6) is 0 Å². The minimum atomic E-state index is -0.350. The Hall–Kier alpha value is -3.20. The van der Waals surface area contributed by atoms with Crippen LogP contribution in [-0.2, 0) is 0 Å². The van der Waals surface area contributed by atoms with E-state index >= 15 is 0 Å². The number of amides is 1. The second-order valence-corrected chi connectivity index (χ2v) is 4.90. The first-order valence-electron chi connectivity index (χ1n) is 6.85. The lowest BCUT2D eigenvalue weighted by atomic mass is 10.1. The minimum absolute atomic E-state index is 0.110. The van der Waals surface area contributed by atoms with Crippen LogP contribution in [0.2, 0.25) is 0 Å². The lowest BCUT2D eigenvalue weighted by molar-refractivity contribution is 0.0960. The van der Waals surface area contributed by atoms with Gasteiger partial charge in [0.1, 0.15) is 5.82 Å². The summed E-state index contributed by atoms with van der Waals surface area (Å²) in [5.41, 5.74) is 2.32. The van der Waals surface area contributed by atoms with Crippen LogP contribution in [0.1, 0.15) is 16.1 Å². The number of carbonyl (C=O) groups excluding carboxylic acids is 1. The molecule has 0 aliphatic carbocycles. The van der Waals surface area contributed by atoms with E-state index in [4.69, 9.17) is 10.9 Å². The molecule has 0 radical (unpaired) electrons. The molecule has 0 saturated heterocycles. The molecule has 0 fully saturated rings. The van der Waals surface area contributed by atoms with Crippen molar-refractivity contribution in [3.05, 3.63) is 47.4 Å². The highest BCUT2D eigenvalue weighted by molar-refractivity contribution is 6.07. The molecule has 0 bridgehead atoms. The zero-order chi connectivity index (χ0) is 16.4. The molecule has 6 heteroatoms. The molecule has 3 rings (SSSR count). The smallest absolute Gasteiger partial charge is 0.259 e. The molecule has 0 saturated carbocycles. The van der Waals surface area contributed by atoms with E-state index < -0.39 is 0 Å². The van der Waals surface area contributed by atoms with Crippen LogP contribution in [0.15, 0.2) is 34.9 Å². The fourth-order valence-corrected chi connectivity index (χ4v) is 2.27. The molecule has 0 aliphatic rings. The predicted molar refractivity (Wildman–Crippen MR) is 83.1 cm³/mol. The van der Waals surface area contributed by atoms with Gasteiger partial charge < -0.3 is 9.84 Å². The Morgan fingerprint density at radius 1 is 1.39 bits per heavy atom. The molecular weight excluding hydrogens is 297 g/mol. The van der Waals surface area contributed by atoms with Crippen molar-refractivity contribution < 1.29 is 13.7 Å². The van der Waals surface area contributed by atoms with Crippen LogP contribution in [-0.4, -0.2) is 22.6 Å². The molecule has 0 unspecified atom stereocenters. The second-order valence-electron chi connectivity index (χ2n) is 4.90. The number of halogens is 1. The van der Waals surface area contributed by atoms with Gasteiger partial charge >= 0.3 is 0 Å². The molecule has 114 valence electrons. The number of rotatable bonds is 3. The molecule has 0 atom stereocenters. The number of pyridine rings is 1. The van der Waals surface area contributed by atoms with Crippen molar-refractivity contribution in [3.63, 3.8) is 0 Å². The number of hydrogen-bond acceptors (Lipinski definition) is 4. The first-order chi connectivity index (χ1) is 11.1. The summed E-state index contributed by atoms with van der Waals surface area (Å²) >= 11 is 0. The number of aromatic nitrogens is 2. The first kappa shape index (κ1) is 14.7. The minimum Gasteiger partial charge on any atom is -0.341 e. The Labute approximate surface area is 131 Å². The lowest BCUT2D eigenvalue weighted by Crippen LogP contribution is -2.24. The largest absolute Gasteiger partial charge is 0.341 e. The summed E-state index contributed by atoms with van der Waals surface area (Å²) in [5, 5.41) is 7.00. The van der Waals surface area contributed by atoms with E-state index in [1.807, 2.05) is 0 Å². The number of fused-ring (bicyclic) bond motifs is 1. The summed E-state index contributed by atoms with van der Waals surface area (Å²) in [6.45, 7) is 1.84. The van der Waals surface area contributed by atoms with E-state index in [0.29, 0.717) is 27.9 Å². The van der Waals surface area contributed by atoms with Gasteiger partial charge in [0.2, 0.25) is 0 Å². The Morgan fingerprint density at radius 3 is 2.83 bits per heavy atom. The molecule has 1 amide bonds. The molecule has 0 aliphatic heterocycles. The number of nitrogens with one attached hydrogen (secondary N) is 1. The molecule has 1 N–H and O–H groups in total. The summed E-state index contributed by atoms with van der Waals surface area (Å²) in [6, 6.07) is 7.42. The maximum absolute atomic E-state index is 13.1. The molecule has 2 aromatic heterocycles. The van der Waals surface area contributed by atoms with E-state index in [1.54, 1.807) is 25.1 Å². The highest BCUT2D eigenvalue weighted by Gasteiger charge is 2.19. The number of nitrogens with zero attached hydrogens (tertiary/aromatic N) is 2. The van der Waals surface area contributed by atoms with Gasteiger partial charge in [-0.1, -0.05) is 11.1 Å². The highest BCUT2D eigenvalue weighted by Crippen LogP contribution is 2.27. The van der Waals surface area contributed by atoms with Crippen LogP contribution >= 0.6 is 0 Å². The second kappa shape index (κ2) is 5.89. The Balaban J connectivity index is 2.16. The fraction of sp³-hybridized carbons (Fsp3) is 0.118. The van der Waals surface area contributed by atoms with Crippen LogP contribution in [0, 0.1) is 25.1 Å². The zero-order valence-electron chi connectivity index (χ0n) is 12.3. The maximum atomic E-state index is 13.1. The van der Waals surface area contributed by atoms with E-state index in [1.165, 1.54) is 12.1 Å². The third-order valence-corrected chi connectivity index (χ3v) is 3.35. The zero-order valence-corrected chi connectivity index (χ0v) is 12.3. The molecule has 5 nitrogen and oxygen atoms in total. The Morgan fingerprint density at radius 2 is 2.13 bits per heavy atom. The Bertz CT molecular complexity index is 923. The van der Waals surface area contributed by atoms with Crippen molar-refractivity contribution >= 4 is 17.0 Å². The van der Waals surface area contributed by atoms with Crippen molar-refractivity contribution in [2.75, 3.05) is 6.54 Å². The normalized spacial score (nSPS) is 10.5. The van der Waals surface area contributed by atoms with Crippen molar-refractivity contribution in [3.8, 4) is 23.6 Å². The average molecular weight is 309 g/mol. The quantitative estimate of drug-likeness (QED) is 0.755. The van der Waals surface area contributed by atoms with E-state index in [2.05, 4.69) is 21.4 Å². The number of benzene rings is 1. The number of aryl methyl sites for hydroxylation is 1. The van der Waals surface area contributed by atoms with Gasteiger partial charge in [-0.3, -0.25) is 4.79 Å². The summed E-state index contributed by atoms with van der Waals surface area (Å²) in [7, 11) is 0. The van der Waals surface area contributed by atoms with Crippen LogP contribution in [0.4, 0.5) is 4.39 Å². The molecule has 0 spiro atoms. The van der Waals surface area contributed by atoms with Gasteiger partial charge in [0.05, 0.1) is 28.9 Å². The third-order valence-electron chi connectivity index (χ3n) is 3.35. The molecule has 1 aromatic carbocycles. The summed E-state index contributed by atoms with van der Waals surface area (Å²) < 4.78 is 18.2. The number of hydrogen-bond donors (Lipinski definition) is 1. The van der Waals surface area contributed by atoms with Gasteiger partial charge in [0, 0.05) is 5.56 Å². The fourth-order valence-electron chi connectivity index (χ4n) is 2.27. The van der Waals surface area contributed by atoms with Gasteiger partial charge in [-0.2, -0.15) is 0 Å². The van der Waals surface area contributed by atoms with E-state index in [0.717, 1.165) is 0 Å². The van der Waals surface area contributed by atoms with Crippen molar-refractivity contribution in [1.82, 2.24) is 15.5 Å². The van der Waals surface area contributed by atoms with Gasteiger partial charge in [0.25, 0.3) is 11.6 Å². The summed E-state index contributed by atoms with van der Waals surface area (Å²) in [6.07, 6.45) is 5.17. The maximum Gasteiger partial charge on any atom is 0.259 e. The van der Waals surface area contributed by atoms with Gasteiger partial charge in [-0.05, 0) is 37.3 Å². The van der Waals surface area contributed by atoms with Crippen molar-refractivity contribution in [2.24, 2.45) is 0 Å². The lowest BCUT2D eigenvalue weighted by Gasteiger charge is -2.06. The predicted octanol–water partition coefficient (Wildman–Crippen LogP) is 2.70. The van der Waals surface area contributed by atoms with Gasteiger partial charge in [-0.25, -0.2) is 9.37 Å². The molecule has 2 heterocycles. The molecule has 3 aromatic rings. The van der Waals surface area contributed by atoms with Crippen molar-refractivity contribution in [1.29, 1.82) is 0 Å². The number of carbonyl (C=O) groups is 1. The monoisotopic (exact) mass is 309 g/mol. The first-order valence-corrected chi connectivity index (χ1v) is 6.85. The molecular formula is C17H12FN3O2. The van der Waals surface area contributed by atoms with Gasteiger partial charge in [-0.15, -0.1) is 6.42 Å². The summed E-state index contributed by atoms with van der Waals surface area (Å²) in [4.78, 5) is 16.7. The SMILES string of the molecule is C#CCNC(=O)c1cc(-c2ccc(F)cc2)nc2onc(C)c12. The highest BCUT2D eigenvalue weighted by atomic mass is 19.1. The third kappa shape index (κ3) is 2.77. The van der Waals surface area contributed by atoms with Crippen LogP contribution < -0.4 is 5.32 Å². The van der Waals surface area contributed by atoms with E-state index in [9.17, 15) is 9.18 Å². The van der Waals surface area contributed by atoms with Crippen LogP contribution in [0.3, 0.4) is 0 Å². The summed E-state index contributed by atoms with van der Waals surface area (Å²) in [5.74, 6) is 1.66. The molecule has 23 heavy (non-hydrogen) atoms. The van der Waals surface area contributed by atoms with Crippen molar-refractivity contribution in [2.45, 2.75) is 6.92 Å². The van der Waals surface area contributed by atoms with E-state index in [-0.39, 0.29) is 24.0 Å². The topological polar surface area (TPSA) is 68.0 Å². The standard InChI is InChI=1S/C17H12FN3O2/c1-3-8-19-16(22)13-9-14(11-4-6-12(18)7-5-11)20-17-15(13)10(2)21-23-17/h1,4-7,9H,8H2,2H3,(H,19,22). The van der Waals surface area contributed by atoms with Gasteiger partial charge in [0.15, 0.2) is 0 Å². The van der Waals surface area contributed by atoms with Crippen LogP contribution in [0.25, 0.3) is 22.4 Å². The Kier molecular flexibility index (Phi) is 3.77. The number of terminal acetylenes is 1. The average Bonchev–Trinajstić information content (AvgIpc) is 2.94.